The van der Waals surface area contributed by atoms with Crippen molar-refractivity contribution in [1.29, 1.82) is 0 Å². The Bertz CT molecular complexity index is 632. The van der Waals surface area contributed by atoms with Gasteiger partial charge < -0.3 is 8.85 Å². The standard InChI is InChI=1S/C18H24O2Si/c1-17(2,3)21(18(4,5)6)19-15-11-13-9-7-8-10-14(13)12-16(15)20-21/h7-12H,1-6H3. The van der Waals surface area contributed by atoms with Gasteiger partial charge >= 0.3 is 8.56 Å². The number of hydrogen-bond acceptors (Lipinski definition) is 2. The zero-order valence-corrected chi connectivity index (χ0v) is 14.8. The quantitative estimate of drug-likeness (QED) is 0.585. The molecule has 3 heteroatoms. The summed E-state index contributed by atoms with van der Waals surface area (Å²) in [5.74, 6) is 1.82. The van der Waals surface area contributed by atoms with E-state index in [-0.39, 0.29) is 10.1 Å². The Kier molecular flexibility index (Phi) is 2.93. The number of hydrogen-bond donors (Lipinski definition) is 0. The summed E-state index contributed by atoms with van der Waals surface area (Å²) >= 11 is 0. The lowest BCUT2D eigenvalue weighted by molar-refractivity contribution is 0.341. The minimum absolute atomic E-state index is 0.00352. The van der Waals surface area contributed by atoms with Gasteiger partial charge in [-0.25, -0.2) is 0 Å². The largest absolute Gasteiger partial charge is 0.508 e. The lowest BCUT2D eigenvalue weighted by Gasteiger charge is -2.43. The minimum Gasteiger partial charge on any atom is -0.508 e. The Morgan fingerprint density at radius 3 is 1.43 bits per heavy atom. The molecule has 1 aliphatic heterocycles. The third-order valence-electron chi connectivity index (χ3n) is 4.29. The molecular weight excluding hydrogens is 276 g/mol. The molecule has 0 spiro atoms. The van der Waals surface area contributed by atoms with E-state index in [0.29, 0.717) is 0 Å². The Labute approximate surface area is 128 Å². The molecule has 112 valence electrons. The first-order chi connectivity index (χ1) is 9.64. The number of rotatable bonds is 0. The molecule has 0 unspecified atom stereocenters. The van der Waals surface area contributed by atoms with E-state index < -0.39 is 8.56 Å². The molecule has 0 aromatic heterocycles. The second-order valence-electron chi connectivity index (χ2n) is 7.97. The van der Waals surface area contributed by atoms with Crippen molar-refractivity contribution in [2.24, 2.45) is 0 Å². The molecule has 0 bridgehead atoms. The van der Waals surface area contributed by atoms with Gasteiger partial charge in [0, 0.05) is 10.1 Å². The van der Waals surface area contributed by atoms with Crippen LogP contribution in [-0.4, -0.2) is 8.56 Å². The van der Waals surface area contributed by atoms with Gasteiger partial charge in [0.1, 0.15) is 11.5 Å². The van der Waals surface area contributed by atoms with Gasteiger partial charge in [-0.1, -0.05) is 65.8 Å². The molecule has 1 heterocycles. The highest BCUT2D eigenvalue weighted by atomic mass is 28.4. The Hall–Kier alpha value is -1.48. The fourth-order valence-corrected chi connectivity index (χ4v) is 7.88. The van der Waals surface area contributed by atoms with Crippen molar-refractivity contribution in [3.63, 3.8) is 0 Å². The molecule has 21 heavy (non-hydrogen) atoms. The smallest absolute Gasteiger partial charge is 0.471 e. The predicted molar refractivity (Wildman–Crippen MR) is 90.4 cm³/mol. The van der Waals surface area contributed by atoms with Crippen molar-refractivity contribution in [1.82, 2.24) is 0 Å². The van der Waals surface area contributed by atoms with E-state index in [4.69, 9.17) is 8.85 Å². The molecule has 0 aliphatic carbocycles. The summed E-state index contributed by atoms with van der Waals surface area (Å²) in [5, 5.41) is 2.40. The molecular formula is C18H24O2Si. The molecule has 0 saturated heterocycles. The Balaban J connectivity index is 2.16. The van der Waals surface area contributed by atoms with Crippen LogP contribution >= 0.6 is 0 Å². The molecule has 0 N–H and O–H groups in total. The van der Waals surface area contributed by atoms with Crippen LogP contribution in [0, 0.1) is 0 Å². The first-order valence-electron chi connectivity index (χ1n) is 7.55. The monoisotopic (exact) mass is 300 g/mol. The summed E-state index contributed by atoms with van der Waals surface area (Å²) in [6, 6.07) is 12.6. The average molecular weight is 300 g/mol. The van der Waals surface area contributed by atoms with Crippen LogP contribution in [0.2, 0.25) is 10.1 Å². The van der Waals surface area contributed by atoms with Gasteiger partial charge in [-0.15, -0.1) is 0 Å². The van der Waals surface area contributed by atoms with Crippen LogP contribution in [0.1, 0.15) is 41.5 Å². The van der Waals surface area contributed by atoms with E-state index in [9.17, 15) is 0 Å². The fraction of sp³-hybridized carbons (Fsp3) is 0.444. The van der Waals surface area contributed by atoms with Crippen LogP contribution in [-0.2, 0) is 0 Å². The molecule has 0 amide bonds. The van der Waals surface area contributed by atoms with Gasteiger partial charge in [-0.05, 0) is 22.9 Å². The molecule has 2 aromatic rings. The Morgan fingerprint density at radius 1 is 0.714 bits per heavy atom. The SMILES string of the molecule is CC(C)(C)[Si]1(C(C)(C)C)Oc2cc3ccccc3cc2O1. The average Bonchev–Trinajstić information content (AvgIpc) is 2.74. The van der Waals surface area contributed by atoms with Crippen molar-refractivity contribution in [3.05, 3.63) is 36.4 Å². The van der Waals surface area contributed by atoms with E-state index in [0.717, 1.165) is 11.5 Å². The van der Waals surface area contributed by atoms with Crippen LogP contribution in [0.15, 0.2) is 36.4 Å². The third kappa shape index (κ3) is 2.06. The zero-order valence-electron chi connectivity index (χ0n) is 13.8. The molecule has 0 saturated carbocycles. The first kappa shape index (κ1) is 14.5. The summed E-state index contributed by atoms with van der Waals surface area (Å²) in [4.78, 5) is 0. The second kappa shape index (κ2) is 4.26. The van der Waals surface area contributed by atoms with Crippen molar-refractivity contribution in [2.45, 2.75) is 51.6 Å². The van der Waals surface area contributed by atoms with Gasteiger partial charge in [0.2, 0.25) is 0 Å². The first-order valence-corrected chi connectivity index (χ1v) is 9.37. The van der Waals surface area contributed by atoms with E-state index in [1.54, 1.807) is 0 Å². The summed E-state index contributed by atoms with van der Waals surface area (Å²) in [7, 11) is -2.44. The number of benzene rings is 2. The lowest BCUT2D eigenvalue weighted by atomic mass is 10.1. The highest BCUT2D eigenvalue weighted by Crippen LogP contribution is 2.57. The van der Waals surface area contributed by atoms with Gasteiger partial charge in [-0.2, -0.15) is 0 Å². The normalized spacial score (nSPS) is 17.2. The summed E-state index contributed by atoms with van der Waals surface area (Å²) in [6.07, 6.45) is 0. The second-order valence-corrected chi connectivity index (χ2v) is 12.6. The van der Waals surface area contributed by atoms with Gasteiger partial charge in [0.05, 0.1) is 0 Å². The molecule has 0 fully saturated rings. The van der Waals surface area contributed by atoms with E-state index in [2.05, 4.69) is 77.9 Å². The minimum atomic E-state index is -2.44. The van der Waals surface area contributed by atoms with Gasteiger partial charge in [0.25, 0.3) is 0 Å². The highest BCUT2D eigenvalue weighted by molar-refractivity contribution is 6.75. The van der Waals surface area contributed by atoms with Crippen molar-refractivity contribution < 1.29 is 8.85 Å². The van der Waals surface area contributed by atoms with Crippen LogP contribution in [0.5, 0.6) is 11.5 Å². The van der Waals surface area contributed by atoms with Crippen LogP contribution < -0.4 is 8.85 Å². The molecule has 2 aromatic carbocycles. The molecule has 0 atom stereocenters. The van der Waals surface area contributed by atoms with Crippen LogP contribution in [0.25, 0.3) is 10.8 Å². The van der Waals surface area contributed by atoms with Crippen molar-refractivity contribution in [3.8, 4) is 11.5 Å². The number of fused-ring (bicyclic) bond motifs is 2. The predicted octanol–water partition coefficient (Wildman–Crippen LogP) is 5.65. The molecule has 1 aliphatic rings. The van der Waals surface area contributed by atoms with Crippen LogP contribution in [0.3, 0.4) is 0 Å². The zero-order chi connectivity index (χ0) is 15.5. The topological polar surface area (TPSA) is 18.5 Å². The lowest BCUT2D eigenvalue weighted by Crippen LogP contribution is -2.59. The van der Waals surface area contributed by atoms with Gasteiger partial charge in [-0.3, -0.25) is 0 Å². The van der Waals surface area contributed by atoms with Crippen molar-refractivity contribution >= 4 is 19.3 Å². The van der Waals surface area contributed by atoms with Gasteiger partial charge in [0.15, 0.2) is 0 Å². The van der Waals surface area contributed by atoms with Crippen molar-refractivity contribution in [2.75, 3.05) is 0 Å². The summed E-state index contributed by atoms with van der Waals surface area (Å²) < 4.78 is 13.1. The Morgan fingerprint density at radius 2 is 1.10 bits per heavy atom. The van der Waals surface area contributed by atoms with E-state index in [1.165, 1.54) is 10.8 Å². The molecule has 2 nitrogen and oxygen atoms in total. The maximum atomic E-state index is 6.55. The third-order valence-corrected chi connectivity index (χ3v) is 9.26. The summed E-state index contributed by atoms with van der Waals surface area (Å²) in [6.45, 7) is 13.4. The van der Waals surface area contributed by atoms with E-state index >= 15 is 0 Å². The molecule has 3 rings (SSSR count). The maximum absolute atomic E-state index is 6.55. The highest BCUT2D eigenvalue weighted by Gasteiger charge is 2.65. The summed E-state index contributed by atoms with van der Waals surface area (Å²) in [5.41, 5.74) is 0. The molecule has 0 radical (unpaired) electrons. The van der Waals surface area contributed by atoms with E-state index in [1.807, 2.05) is 0 Å². The fourth-order valence-electron chi connectivity index (χ4n) is 3.43. The van der Waals surface area contributed by atoms with Crippen LogP contribution in [0.4, 0.5) is 0 Å². The maximum Gasteiger partial charge on any atom is 0.471 e.